The van der Waals surface area contributed by atoms with E-state index in [1.165, 1.54) is 6.07 Å². The first-order chi connectivity index (χ1) is 12.9. The molecule has 1 aromatic carbocycles. The highest BCUT2D eigenvalue weighted by atomic mass is 19.2. The third kappa shape index (κ3) is 3.05. The minimum atomic E-state index is -1.02. The van der Waals surface area contributed by atoms with Crippen molar-refractivity contribution in [3.8, 4) is 11.3 Å². The van der Waals surface area contributed by atoms with Gasteiger partial charge < -0.3 is 15.5 Å². The number of pyridine rings is 2. The van der Waals surface area contributed by atoms with Gasteiger partial charge in [0.1, 0.15) is 11.4 Å². The van der Waals surface area contributed by atoms with Gasteiger partial charge in [0.05, 0.1) is 5.39 Å². The third-order valence-electron chi connectivity index (χ3n) is 4.03. The Labute approximate surface area is 151 Å². The molecule has 3 N–H and O–H groups in total. The fraction of sp³-hybridized carbons (Fsp3) is 0.0526. The van der Waals surface area contributed by atoms with Crippen molar-refractivity contribution in [3.05, 3.63) is 65.9 Å². The van der Waals surface area contributed by atoms with E-state index in [4.69, 9.17) is 10.2 Å². The lowest BCUT2D eigenvalue weighted by Gasteiger charge is -2.06. The molecule has 8 heteroatoms. The van der Waals surface area contributed by atoms with Gasteiger partial charge in [-0.1, -0.05) is 0 Å². The van der Waals surface area contributed by atoms with Crippen LogP contribution in [0.4, 0.5) is 30.4 Å². The van der Waals surface area contributed by atoms with Crippen molar-refractivity contribution in [3.63, 3.8) is 0 Å². The Bertz CT molecular complexity index is 1170. The molecule has 4 rings (SSSR count). The molecule has 0 bridgehead atoms. The normalized spacial score (nSPS) is 11.1. The Morgan fingerprint density at radius 2 is 1.85 bits per heavy atom. The Balaban J connectivity index is 1.88. The molecule has 0 aliphatic rings. The number of fused-ring (bicyclic) bond motifs is 1. The van der Waals surface area contributed by atoms with E-state index in [2.05, 4.69) is 15.3 Å². The van der Waals surface area contributed by atoms with Crippen molar-refractivity contribution in [1.82, 2.24) is 9.97 Å². The van der Waals surface area contributed by atoms with Crippen molar-refractivity contribution in [1.29, 1.82) is 0 Å². The summed E-state index contributed by atoms with van der Waals surface area (Å²) in [5.41, 5.74) is 8.29. The van der Waals surface area contributed by atoms with Crippen LogP contribution in [0, 0.1) is 24.5 Å². The molecule has 0 aliphatic heterocycles. The topological polar surface area (TPSA) is 77.0 Å². The molecule has 5 nitrogen and oxygen atoms in total. The van der Waals surface area contributed by atoms with Gasteiger partial charge in [0.15, 0.2) is 17.2 Å². The molecular formula is C19H13F3N4O. The molecule has 27 heavy (non-hydrogen) atoms. The van der Waals surface area contributed by atoms with E-state index in [0.29, 0.717) is 10.9 Å². The number of nitrogen functional groups attached to an aromatic ring is 1. The third-order valence-corrected chi connectivity index (χ3v) is 4.03. The second-order valence-corrected chi connectivity index (χ2v) is 5.95. The summed E-state index contributed by atoms with van der Waals surface area (Å²) in [6.45, 7) is 1.80. The number of hydrogen-bond acceptors (Lipinski definition) is 5. The molecule has 0 saturated carbocycles. The number of aryl methyl sites for hydroxylation is 1. The van der Waals surface area contributed by atoms with Gasteiger partial charge in [-0.2, -0.15) is 4.39 Å². The standard InChI is InChI=1S/C19H13F3N4O/c1-9-6-10(4-5-24-9)16-18-12(8-15(22)26-16)17(19(23)27-18)25-11-2-3-13(20)14(21)7-11/h2-8,25H,23H2,1H3. The van der Waals surface area contributed by atoms with Crippen molar-refractivity contribution < 1.29 is 17.6 Å². The molecule has 3 aromatic heterocycles. The molecule has 0 atom stereocenters. The number of furan rings is 1. The maximum atomic E-state index is 14.2. The number of rotatable bonds is 3. The van der Waals surface area contributed by atoms with Crippen LogP contribution < -0.4 is 11.1 Å². The van der Waals surface area contributed by atoms with Crippen molar-refractivity contribution in [2.75, 3.05) is 11.1 Å². The predicted octanol–water partition coefficient (Wildman–Crippen LogP) is 4.94. The average molecular weight is 370 g/mol. The van der Waals surface area contributed by atoms with E-state index in [1.807, 2.05) is 0 Å². The van der Waals surface area contributed by atoms with Crippen LogP contribution in [0.1, 0.15) is 5.69 Å². The highest BCUT2D eigenvalue weighted by molar-refractivity contribution is 6.03. The molecule has 136 valence electrons. The van der Waals surface area contributed by atoms with Crippen LogP contribution in [0.25, 0.3) is 22.2 Å². The Morgan fingerprint density at radius 3 is 2.59 bits per heavy atom. The van der Waals surface area contributed by atoms with Gasteiger partial charge >= 0.3 is 0 Å². The maximum absolute atomic E-state index is 14.2. The Hall–Kier alpha value is -3.55. The first-order valence-electron chi connectivity index (χ1n) is 7.96. The van der Waals surface area contributed by atoms with E-state index in [-0.39, 0.29) is 28.5 Å². The van der Waals surface area contributed by atoms with Gasteiger partial charge in [0.2, 0.25) is 11.8 Å². The molecule has 0 aliphatic carbocycles. The fourth-order valence-corrected chi connectivity index (χ4v) is 2.82. The zero-order chi connectivity index (χ0) is 19.1. The lowest BCUT2D eigenvalue weighted by atomic mass is 10.1. The summed E-state index contributed by atoms with van der Waals surface area (Å²) in [4.78, 5) is 8.03. The molecule has 3 heterocycles. The average Bonchev–Trinajstić information content (AvgIpc) is 2.93. The van der Waals surface area contributed by atoms with Gasteiger partial charge in [-0.3, -0.25) is 4.98 Å². The van der Waals surface area contributed by atoms with Crippen LogP contribution in [0.2, 0.25) is 0 Å². The van der Waals surface area contributed by atoms with Gasteiger partial charge in [-0.05, 0) is 31.2 Å². The van der Waals surface area contributed by atoms with Gasteiger partial charge in [0.25, 0.3) is 0 Å². The molecule has 0 unspecified atom stereocenters. The number of aromatic nitrogens is 2. The Morgan fingerprint density at radius 1 is 1.04 bits per heavy atom. The summed E-state index contributed by atoms with van der Waals surface area (Å²) in [5.74, 6) is -2.77. The van der Waals surface area contributed by atoms with Crippen LogP contribution in [0.5, 0.6) is 0 Å². The van der Waals surface area contributed by atoms with Crippen LogP contribution in [0.15, 0.2) is 47.0 Å². The number of nitrogens with one attached hydrogen (secondary N) is 1. The minimum Gasteiger partial charge on any atom is -0.436 e. The number of nitrogens with two attached hydrogens (primary N) is 1. The van der Waals surface area contributed by atoms with Gasteiger partial charge in [0, 0.05) is 35.3 Å². The zero-order valence-electron chi connectivity index (χ0n) is 14.1. The SMILES string of the molecule is Cc1cc(-c2nc(F)cc3c(Nc4ccc(F)c(F)c4)c(N)oc23)ccn1. The fourth-order valence-electron chi connectivity index (χ4n) is 2.82. The van der Waals surface area contributed by atoms with Crippen molar-refractivity contribution in [2.24, 2.45) is 0 Å². The van der Waals surface area contributed by atoms with Crippen LogP contribution in [0.3, 0.4) is 0 Å². The van der Waals surface area contributed by atoms with E-state index in [1.54, 1.807) is 25.3 Å². The number of benzene rings is 1. The van der Waals surface area contributed by atoms with Crippen LogP contribution in [-0.4, -0.2) is 9.97 Å². The largest absolute Gasteiger partial charge is 0.436 e. The Kier molecular flexibility index (Phi) is 3.95. The molecule has 0 spiro atoms. The van der Waals surface area contributed by atoms with E-state index in [9.17, 15) is 13.2 Å². The van der Waals surface area contributed by atoms with Crippen molar-refractivity contribution in [2.45, 2.75) is 6.92 Å². The van der Waals surface area contributed by atoms with Crippen LogP contribution >= 0.6 is 0 Å². The van der Waals surface area contributed by atoms with Gasteiger partial charge in [-0.25, -0.2) is 13.8 Å². The lowest BCUT2D eigenvalue weighted by Crippen LogP contribution is -1.96. The van der Waals surface area contributed by atoms with E-state index >= 15 is 0 Å². The molecule has 0 saturated heterocycles. The molecular weight excluding hydrogens is 357 g/mol. The summed E-state index contributed by atoms with van der Waals surface area (Å²) in [5, 5.41) is 3.18. The minimum absolute atomic E-state index is 0.0332. The summed E-state index contributed by atoms with van der Waals surface area (Å²) in [7, 11) is 0. The highest BCUT2D eigenvalue weighted by Crippen LogP contribution is 2.39. The molecule has 0 amide bonds. The summed E-state index contributed by atoms with van der Waals surface area (Å²) < 4.78 is 46.4. The monoisotopic (exact) mass is 370 g/mol. The first kappa shape index (κ1) is 16.9. The van der Waals surface area contributed by atoms with E-state index < -0.39 is 17.6 Å². The molecule has 0 radical (unpaired) electrons. The predicted molar refractivity (Wildman–Crippen MR) is 96.0 cm³/mol. The van der Waals surface area contributed by atoms with E-state index in [0.717, 1.165) is 23.9 Å². The summed E-state index contributed by atoms with van der Waals surface area (Å²) >= 11 is 0. The zero-order valence-corrected chi connectivity index (χ0v) is 14.1. The highest BCUT2D eigenvalue weighted by Gasteiger charge is 2.19. The smallest absolute Gasteiger partial charge is 0.215 e. The second-order valence-electron chi connectivity index (χ2n) is 5.95. The molecule has 0 fully saturated rings. The van der Waals surface area contributed by atoms with Crippen molar-refractivity contribution >= 4 is 28.2 Å². The molecule has 4 aromatic rings. The second kappa shape index (κ2) is 6.31. The quantitative estimate of drug-likeness (QED) is 0.500. The summed E-state index contributed by atoms with van der Waals surface area (Å²) in [6.07, 6.45) is 1.58. The lowest BCUT2D eigenvalue weighted by molar-refractivity contribution is 0.509. The van der Waals surface area contributed by atoms with Crippen LogP contribution in [-0.2, 0) is 0 Å². The maximum Gasteiger partial charge on any atom is 0.215 e. The number of nitrogens with zero attached hydrogens (tertiary/aromatic N) is 2. The summed E-state index contributed by atoms with van der Waals surface area (Å²) in [6, 6.07) is 7.86. The van der Waals surface area contributed by atoms with Gasteiger partial charge in [-0.15, -0.1) is 0 Å². The number of halogens is 3. The first-order valence-corrected chi connectivity index (χ1v) is 7.96. The number of hydrogen-bond donors (Lipinski definition) is 2. The number of anilines is 3.